The second-order valence-corrected chi connectivity index (χ2v) is 16.7. The van der Waals surface area contributed by atoms with Crippen LogP contribution < -0.4 is 71.6 Å². The van der Waals surface area contributed by atoms with Gasteiger partial charge in [-0.3, -0.25) is 29.7 Å². The first-order valence-corrected chi connectivity index (χ1v) is 22.7. The van der Waals surface area contributed by atoms with Crippen molar-refractivity contribution in [3.63, 3.8) is 0 Å². The third-order valence-corrected chi connectivity index (χ3v) is 11.4. The Kier molecular flexibility index (Phi) is 18.3. The molecule has 0 fully saturated rings. The molecule has 4 aromatic heterocycles. The van der Waals surface area contributed by atoms with E-state index < -0.39 is 4.92 Å². The van der Waals surface area contributed by atoms with E-state index >= 15 is 0 Å². The summed E-state index contributed by atoms with van der Waals surface area (Å²) < 4.78 is 3.93. The van der Waals surface area contributed by atoms with Gasteiger partial charge in [0, 0.05) is 122 Å². The number of carbonyl (C=O) groups is 2. The minimum Gasteiger partial charge on any atom is -1.00 e. The van der Waals surface area contributed by atoms with Crippen LogP contribution in [0.2, 0.25) is 0 Å². The molecule has 0 aliphatic carbocycles. The second-order valence-electron chi connectivity index (χ2n) is 16.7. The number of aryl methyl sites for hydroxylation is 2. The molecule has 378 valence electrons. The van der Waals surface area contributed by atoms with Crippen LogP contribution in [-0.2, 0) is 14.1 Å². The summed E-state index contributed by atoms with van der Waals surface area (Å²) in [5, 5.41) is 32.0. The molecule has 0 aliphatic heterocycles. The number of non-ortho nitro benzene ring substituents is 1. The standard InChI is InChI=1S/C28H22N6O3.C28H24N6O.CH4.2ClH/c1-33-16-13-23(14-17-33)30-20-4-2-19(3-5-20)28(35)32-22-8-6-21(7-9-22)31-26-12-15-29-27-18-24(34(36)37)10-11-25(26)27;1-34-16-13-24(14-17-34)31-21-5-2-19(3-6-21)28(35)33-23-9-7-22(8-10-23)32-26-12-15-30-27-18-20(29)4-11-25(26)27;;;/h2-18H,1H3,(H2,29,31,32,35);2-18H,1H3,(H4,29,30,32,33,35);1H4;2*1H. The maximum absolute atomic E-state index is 12.7. The number of benzene rings is 6. The Hall–Kier alpha value is -9.64. The molecule has 8 N–H and O–H groups in total. The van der Waals surface area contributed by atoms with E-state index in [2.05, 4.69) is 41.9 Å². The molecule has 10 rings (SSSR count). The molecule has 0 saturated carbocycles. The van der Waals surface area contributed by atoms with Gasteiger partial charge in [-0.2, -0.15) is 0 Å². The van der Waals surface area contributed by atoms with Crippen LogP contribution in [0.3, 0.4) is 0 Å². The molecule has 0 atom stereocenters. The van der Waals surface area contributed by atoms with Crippen LogP contribution >= 0.6 is 0 Å². The Morgan fingerprint density at radius 3 is 1.23 bits per heavy atom. The molecule has 4 heterocycles. The van der Waals surface area contributed by atoms with Crippen molar-refractivity contribution < 1.29 is 48.5 Å². The molecule has 0 saturated heterocycles. The van der Waals surface area contributed by atoms with Gasteiger partial charge >= 0.3 is 0 Å². The highest BCUT2D eigenvalue weighted by Crippen LogP contribution is 2.30. The lowest BCUT2D eigenvalue weighted by molar-refractivity contribution is -0.671. The number of amides is 2. The summed E-state index contributed by atoms with van der Waals surface area (Å²) in [5.74, 6) is -0.373. The molecular weight excluding hydrogens is 988 g/mol. The van der Waals surface area contributed by atoms with Crippen molar-refractivity contribution in [3.05, 3.63) is 228 Å². The molecule has 75 heavy (non-hydrogen) atoms. The first-order chi connectivity index (χ1) is 35.0. The quantitative estimate of drug-likeness (QED) is 0.0321. The second kappa shape index (κ2) is 25.1. The van der Waals surface area contributed by atoms with E-state index in [1.54, 1.807) is 60.9 Å². The number of nitrogens with zero attached hydrogens (tertiary/aromatic N) is 5. The zero-order valence-electron chi connectivity index (χ0n) is 39.8. The highest BCUT2D eigenvalue weighted by Gasteiger charge is 2.12. The minimum absolute atomic E-state index is 0. The summed E-state index contributed by atoms with van der Waals surface area (Å²) >= 11 is 0. The smallest absolute Gasteiger partial charge is 0.271 e. The lowest BCUT2D eigenvalue weighted by Gasteiger charge is -2.11. The fourth-order valence-electron chi connectivity index (χ4n) is 7.54. The van der Waals surface area contributed by atoms with Gasteiger partial charge in [-0.25, -0.2) is 9.13 Å². The molecule has 10 aromatic rings. The predicted molar refractivity (Wildman–Crippen MR) is 291 cm³/mol. The monoisotopic (exact) mass is 1040 g/mol. The molecule has 0 radical (unpaired) electrons. The van der Waals surface area contributed by atoms with Gasteiger partial charge in [-0.15, -0.1) is 0 Å². The van der Waals surface area contributed by atoms with E-state index in [-0.39, 0.29) is 49.7 Å². The van der Waals surface area contributed by atoms with Crippen LogP contribution in [0.5, 0.6) is 0 Å². The van der Waals surface area contributed by atoms with Gasteiger partial charge in [-0.05, 0) is 133 Å². The Morgan fingerprint density at radius 2 is 0.813 bits per heavy atom. The lowest BCUT2D eigenvalue weighted by atomic mass is 10.1. The number of halogens is 2. The van der Waals surface area contributed by atoms with Gasteiger partial charge in [0.15, 0.2) is 24.8 Å². The van der Waals surface area contributed by atoms with Crippen LogP contribution in [0.1, 0.15) is 28.1 Å². The Morgan fingerprint density at radius 1 is 0.467 bits per heavy atom. The number of nitro groups is 1. The summed E-state index contributed by atoms with van der Waals surface area (Å²) in [6.07, 6.45) is 11.2. The first-order valence-electron chi connectivity index (χ1n) is 22.7. The zero-order valence-corrected chi connectivity index (χ0v) is 41.3. The Labute approximate surface area is 445 Å². The summed E-state index contributed by atoms with van der Waals surface area (Å²) in [6, 6.07) is 51.5. The number of hydrogen-bond donors (Lipinski definition) is 7. The van der Waals surface area contributed by atoms with E-state index in [0.717, 1.165) is 61.8 Å². The maximum atomic E-state index is 12.7. The molecule has 0 aliphatic rings. The van der Waals surface area contributed by atoms with Crippen molar-refractivity contribution in [1.82, 2.24) is 9.97 Å². The van der Waals surface area contributed by atoms with E-state index in [1.807, 2.05) is 157 Å². The number of fused-ring (bicyclic) bond motifs is 2. The van der Waals surface area contributed by atoms with Crippen LogP contribution in [0.4, 0.5) is 68.2 Å². The Balaban J connectivity index is 0.000000235. The van der Waals surface area contributed by atoms with Crippen molar-refractivity contribution in [3.8, 4) is 0 Å². The van der Waals surface area contributed by atoms with Crippen molar-refractivity contribution in [2.45, 2.75) is 7.43 Å². The Bertz CT molecular complexity index is 3550. The third-order valence-electron chi connectivity index (χ3n) is 11.4. The molecule has 6 aromatic carbocycles. The number of aromatic nitrogens is 4. The van der Waals surface area contributed by atoms with Crippen LogP contribution in [0.15, 0.2) is 207 Å². The average Bonchev–Trinajstić information content (AvgIpc) is 3.39. The lowest BCUT2D eigenvalue weighted by Crippen LogP contribution is -3.00. The summed E-state index contributed by atoms with van der Waals surface area (Å²) in [7, 11) is 3.93. The number of anilines is 11. The third kappa shape index (κ3) is 14.3. The molecule has 18 heteroatoms. The van der Waals surface area contributed by atoms with Gasteiger partial charge in [0.05, 0.1) is 27.3 Å². The number of nitrogen functional groups attached to an aromatic ring is 1. The van der Waals surface area contributed by atoms with Crippen molar-refractivity contribution in [1.29, 1.82) is 0 Å². The van der Waals surface area contributed by atoms with Crippen LogP contribution in [0.25, 0.3) is 21.8 Å². The molecule has 0 bridgehead atoms. The first kappa shape index (κ1) is 54.7. The number of rotatable bonds is 13. The zero-order chi connectivity index (χ0) is 50.0. The number of hydrogen-bond acceptors (Lipinski definition) is 11. The number of nitro benzene ring substituents is 1. The SMILES string of the molecule is C.C[n+]1ccc(Nc2ccc(C(=O)Nc3ccc(Nc4ccnc5cc(N)ccc45)cc3)cc2)cc1.C[n+]1ccc(Nc2ccc(C(=O)Nc3ccc(Nc4ccnc5cc([N+](=O)[O-])ccc45)cc3)cc2)cc1.[Cl-].[Cl-]. The summed E-state index contributed by atoms with van der Waals surface area (Å²) in [6.45, 7) is 0. The van der Waals surface area contributed by atoms with E-state index in [4.69, 9.17) is 5.73 Å². The summed E-state index contributed by atoms with van der Waals surface area (Å²) in [4.78, 5) is 44.6. The molecule has 2 amide bonds. The molecule has 16 nitrogen and oxygen atoms in total. The maximum Gasteiger partial charge on any atom is 0.271 e. The topological polar surface area (TPSA) is 209 Å². The van der Waals surface area contributed by atoms with E-state index in [9.17, 15) is 19.7 Å². The van der Waals surface area contributed by atoms with Crippen LogP contribution in [-0.4, -0.2) is 26.7 Å². The summed E-state index contributed by atoms with van der Waals surface area (Å²) in [5.41, 5.74) is 17.6. The fourth-order valence-corrected chi connectivity index (χ4v) is 7.54. The van der Waals surface area contributed by atoms with Gasteiger partial charge < -0.3 is 62.4 Å². The molecule has 0 unspecified atom stereocenters. The average molecular weight is 1040 g/mol. The minimum atomic E-state index is -0.440. The predicted octanol–water partition coefficient (Wildman–Crippen LogP) is 5.73. The number of carbonyl (C=O) groups excluding carboxylic acids is 2. The van der Waals surface area contributed by atoms with Gasteiger partial charge in [0.1, 0.15) is 14.1 Å². The molecular formula is C57H52Cl2N12O4. The number of nitrogens with one attached hydrogen (secondary N) is 6. The number of nitrogens with two attached hydrogens (primary N) is 1. The van der Waals surface area contributed by atoms with Crippen molar-refractivity contribution >= 4 is 102 Å². The van der Waals surface area contributed by atoms with Gasteiger partial charge in [-0.1, -0.05) is 7.43 Å². The van der Waals surface area contributed by atoms with Gasteiger partial charge in [0.25, 0.3) is 17.5 Å². The highest BCUT2D eigenvalue weighted by atomic mass is 35.5. The highest BCUT2D eigenvalue weighted by molar-refractivity contribution is 6.05. The number of pyridine rings is 4. The van der Waals surface area contributed by atoms with Crippen molar-refractivity contribution in [2.24, 2.45) is 14.1 Å². The molecule has 0 spiro atoms. The normalized spacial score (nSPS) is 10.2. The van der Waals surface area contributed by atoms with Gasteiger partial charge in [0.2, 0.25) is 0 Å². The van der Waals surface area contributed by atoms with E-state index in [1.165, 1.54) is 12.1 Å². The van der Waals surface area contributed by atoms with Crippen LogP contribution in [0, 0.1) is 10.1 Å². The van der Waals surface area contributed by atoms with Crippen molar-refractivity contribution in [2.75, 3.05) is 37.6 Å². The largest absolute Gasteiger partial charge is 1.00 e. The van der Waals surface area contributed by atoms with E-state index in [0.29, 0.717) is 33.7 Å². The fraction of sp³-hybridized carbons (Fsp3) is 0.0526.